The Bertz CT molecular complexity index is 1490. The molecule has 198 valence electrons. The van der Waals surface area contributed by atoms with Gasteiger partial charge in [0.15, 0.2) is 5.65 Å². The number of amides is 1. The Labute approximate surface area is 231 Å². The summed E-state index contributed by atoms with van der Waals surface area (Å²) in [7, 11) is 0. The van der Waals surface area contributed by atoms with E-state index in [1.54, 1.807) is 11.5 Å². The fourth-order valence-corrected chi connectivity index (χ4v) is 5.50. The monoisotopic (exact) mass is 552 g/mol. The number of nitrogens with one attached hydrogen (secondary N) is 2. The van der Waals surface area contributed by atoms with Crippen LogP contribution in [0.4, 0.5) is 5.69 Å². The third kappa shape index (κ3) is 5.29. The van der Waals surface area contributed by atoms with Crippen LogP contribution in [0.3, 0.4) is 0 Å². The normalized spacial score (nSPS) is 14.2. The lowest BCUT2D eigenvalue weighted by atomic mass is 10.2. The van der Waals surface area contributed by atoms with Crippen molar-refractivity contribution in [3.63, 3.8) is 0 Å². The molecule has 0 bridgehead atoms. The standard InChI is InChI=1S/C28H30Cl2N6O2/c1-19-23-26(32-18-33-27(23)37)36(20-8-3-2-4-9-20)25(19)28(38)31-12-5-6-13-34-14-16-35(17-15-34)22-11-7-10-21(29)24(22)30/h2-4,7-11,18H,5-6,12-17H2,1H3,(H,31,38)(H,32,33,37). The van der Waals surface area contributed by atoms with Crippen molar-refractivity contribution in [1.29, 1.82) is 0 Å². The molecule has 0 saturated carbocycles. The van der Waals surface area contributed by atoms with Gasteiger partial charge in [-0.3, -0.25) is 19.1 Å². The molecule has 1 fully saturated rings. The number of nitrogens with zero attached hydrogens (tertiary/aromatic N) is 4. The molecule has 38 heavy (non-hydrogen) atoms. The van der Waals surface area contributed by atoms with Crippen LogP contribution in [-0.2, 0) is 0 Å². The largest absolute Gasteiger partial charge is 0.368 e. The molecule has 1 amide bonds. The molecule has 5 rings (SSSR count). The van der Waals surface area contributed by atoms with Gasteiger partial charge in [-0.15, -0.1) is 0 Å². The molecule has 8 nitrogen and oxygen atoms in total. The number of hydrogen-bond donors (Lipinski definition) is 2. The molecule has 1 aliphatic heterocycles. The average molecular weight is 553 g/mol. The number of hydrogen-bond acceptors (Lipinski definition) is 5. The fraction of sp³-hybridized carbons (Fsp3) is 0.321. The zero-order chi connectivity index (χ0) is 26.6. The minimum Gasteiger partial charge on any atom is -0.368 e. The second-order valence-electron chi connectivity index (χ2n) is 9.44. The fourth-order valence-electron chi connectivity index (χ4n) is 5.09. The molecule has 0 spiro atoms. The maximum absolute atomic E-state index is 13.3. The van der Waals surface area contributed by atoms with Crippen LogP contribution in [-0.4, -0.2) is 64.6 Å². The van der Waals surface area contributed by atoms with Crippen molar-refractivity contribution in [3.8, 4) is 5.69 Å². The van der Waals surface area contributed by atoms with Crippen LogP contribution in [0.5, 0.6) is 0 Å². The Morgan fingerprint density at radius 3 is 2.55 bits per heavy atom. The average Bonchev–Trinajstić information content (AvgIpc) is 3.24. The van der Waals surface area contributed by atoms with Gasteiger partial charge < -0.3 is 15.2 Å². The Morgan fingerprint density at radius 2 is 1.79 bits per heavy atom. The number of carbonyl (C=O) groups excluding carboxylic acids is 1. The summed E-state index contributed by atoms with van der Waals surface area (Å²) in [4.78, 5) is 37.6. The number of H-pyrrole nitrogens is 1. The lowest BCUT2D eigenvalue weighted by Gasteiger charge is -2.36. The molecule has 1 aliphatic rings. The minimum atomic E-state index is -0.256. The van der Waals surface area contributed by atoms with E-state index in [1.807, 2.05) is 48.5 Å². The van der Waals surface area contributed by atoms with Gasteiger partial charge in [-0.05, 0) is 56.1 Å². The number of rotatable bonds is 8. The number of benzene rings is 2. The summed E-state index contributed by atoms with van der Waals surface area (Å²) in [5.74, 6) is -0.212. The van der Waals surface area contributed by atoms with Gasteiger partial charge in [-0.2, -0.15) is 0 Å². The number of aryl methyl sites for hydroxylation is 1. The number of aromatic nitrogens is 3. The van der Waals surface area contributed by atoms with Crippen LogP contribution >= 0.6 is 23.2 Å². The highest BCUT2D eigenvalue weighted by Crippen LogP contribution is 2.33. The van der Waals surface area contributed by atoms with Crippen molar-refractivity contribution in [3.05, 3.63) is 86.5 Å². The van der Waals surface area contributed by atoms with E-state index in [1.165, 1.54) is 6.33 Å². The number of para-hydroxylation sites is 1. The number of halogens is 2. The van der Waals surface area contributed by atoms with Gasteiger partial charge in [0.05, 0.1) is 27.4 Å². The van der Waals surface area contributed by atoms with E-state index in [9.17, 15) is 9.59 Å². The Hall–Kier alpha value is -3.33. The van der Waals surface area contributed by atoms with Crippen LogP contribution in [0.2, 0.25) is 10.0 Å². The smallest absolute Gasteiger partial charge is 0.268 e. The number of anilines is 1. The minimum absolute atomic E-state index is 0.212. The van der Waals surface area contributed by atoms with Gasteiger partial charge in [-0.25, -0.2) is 4.98 Å². The zero-order valence-corrected chi connectivity index (χ0v) is 22.7. The molecule has 3 heterocycles. The SMILES string of the molecule is Cc1c(C(=O)NCCCCN2CCN(c3cccc(Cl)c3Cl)CC2)n(-c2ccccc2)c2nc[nH]c(=O)c12. The lowest BCUT2D eigenvalue weighted by molar-refractivity contribution is 0.0945. The second kappa shape index (κ2) is 11.6. The molecular formula is C28H30Cl2N6O2. The van der Waals surface area contributed by atoms with E-state index in [0.29, 0.717) is 38.9 Å². The molecule has 0 atom stereocenters. The van der Waals surface area contributed by atoms with Crippen molar-refractivity contribution >= 4 is 45.8 Å². The van der Waals surface area contributed by atoms with Crippen molar-refractivity contribution in [2.75, 3.05) is 44.2 Å². The van der Waals surface area contributed by atoms with E-state index < -0.39 is 0 Å². The highest BCUT2D eigenvalue weighted by Gasteiger charge is 2.24. The van der Waals surface area contributed by atoms with Crippen LogP contribution in [0, 0.1) is 6.92 Å². The topological polar surface area (TPSA) is 86.3 Å². The second-order valence-corrected chi connectivity index (χ2v) is 10.2. The van der Waals surface area contributed by atoms with Crippen LogP contribution in [0.15, 0.2) is 59.7 Å². The van der Waals surface area contributed by atoms with Gasteiger partial charge in [-0.1, -0.05) is 47.5 Å². The Kier molecular flexibility index (Phi) is 8.02. The first-order valence-corrected chi connectivity index (χ1v) is 13.5. The van der Waals surface area contributed by atoms with Gasteiger partial charge in [0.25, 0.3) is 11.5 Å². The molecule has 0 aliphatic carbocycles. The number of aromatic amines is 1. The first-order valence-electron chi connectivity index (χ1n) is 12.8. The van der Waals surface area contributed by atoms with Crippen molar-refractivity contribution in [2.24, 2.45) is 0 Å². The third-order valence-corrected chi connectivity index (χ3v) is 7.87. The maximum atomic E-state index is 13.3. The van der Waals surface area contributed by atoms with E-state index in [4.69, 9.17) is 23.2 Å². The van der Waals surface area contributed by atoms with Crippen molar-refractivity contribution in [2.45, 2.75) is 19.8 Å². The van der Waals surface area contributed by atoms with Crippen LogP contribution < -0.4 is 15.8 Å². The van der Waals surface area contributed by atoms with E-state index in [2.05, 4.69) is 25.1 Å². The first-order chi connectivity index (χ1) is 18.5. The lowest BCUT2D eigenvalue weighted by Crippen LogP contribution is -2.46. The van der Waals surface area contributed by atoms with Gasteiger partial charge in [0.1, 0.15) is 5.69 Å². The predicted molar refractivity (Wildman–Crippen MR) is 153 cm³/mol. The molecule has 2 aromatic carbocycles. The summed E-state index contributed by atoms with van der Waals surface area (Å²) >= 11 is 12.6. The van der Waals surface area contributed by atoms with Crippen LogP contribution in [0.1, 0.15) is 28.9 Å². The van der Waals surface area contributed by atoms with E-state index in [0.717, 1.165) is 56.9 Å². The Morgan fingerprint density at radius 1 is 1.03 bits per heavy atom. The molecule has 10 heteroatoms. The number of unbranched alkanes of at least 4 members (excludes halogenated alkanes) is 1. The first kappa shape index (κ1) is 26.3. The highest BCUT2D eigenvalue weighted by atomic mass is 35.5. The highest BCUT2D eigenvalue weighted by molar-refractivity contribution is 6.43. The molecule has 1 saturated heterocycles. The van der Waals surface area contributed by atoms with E-state index in [-0.39, 0.29) is 11.5 Å². The summed E-state index contributed by atoms with van der Waals surface area (Å²) in [5.41, 5.74) is 3.04. The third-order valence-electron chi connectivity index (χ3n) is 7.06. The zero-order valence-electron chi connectivity index (χ0n) is 21.2. The van der Waals surface area contributed by atoms with Crippen molar-refractivity contribution < 1.29 is 4.79 Å². The number of piperazine rings is 1. The quantitative estimate of drug-likeness (QED) is 0.310. The molecule has 2 aromatic heterocycles. The molecule has 4 aromatic rings. The Balaban J connectivity index is 1.16. The van der Waals surface area contributed by atoms with Gasteiger partial charge >= 0.3 is 0 Å². The summed E-state index contributed by atoms with van der Waals surface area (Å²) in [6, 6.07) is 15.3. The van der Waals surface area contributed by atoms with Gasteiger partial charge in [0, 0.05) is 38.4 Å². The van der Waals surface area contributed by atoms with Gasteiger partial charge in [0.2, 0.25) is 0 Å². The summed E-state index contributed by atoms with van der Waals surface area (Å²) in [6.07, 6.45) is 3.20. The summed E-state index contributed by atoms with van der Waals surface area (Å²) < 4.78 is 1.76. The van der Waals surface area contributed by atoms with Crippen LogP contribution in [0.25, 0.3) is 16.7 Å². The summed E-state index contributed by atoms with van der Waals surface area (Å²) in [5, 5.41) is 4.68. The van der Waals surface area contributed by atoms with Crippen molar-refractivity contribution in [1.82, 2.24) is 24.8 Å². The summed E-state index contributed by atoms with van der Waals surface area (Å²) in [6.45, 7) is 7.01. The maximum Gasteiger partial charge on any atom is 0.268 e. The molecule has 0 unspecified atom stereocenters. The molecular weight excluding hydrogens is 523 g/mol. The number of fused-ring (bicyclic) bond motifs is 1. The number of carbonyl (C=O) groups is 1. The molecule has 0 radical (unpaired) electrons. The molecule has 2 N–H and O–H groups in total. The predicted octanol–water partition coefficient (Wildman–Crippen LogP) is 4.66. The van der Waals surface area contributed by atoms with E-state index >= 15 is 0 Å².